The summed E-state index contributed by atoms with van der Waals surface area (Å²) in [6.07, 6.45) is -1.89. The van der Waals surface area contributed by atoms with Crippen molar-refractivity contribution in [3.05, 3.63) is 0 Å². The van der Waals surface area contributed by atoms with E-state index in [-0.39, 0.29) is 26.1 Å². The summed E-state index contributed by atoms with van der Waals surface area (Å²) in [6, 6.07) is 3.53. The van der Waals surface area contributed by atoms with Crippen LogP contribution in [0.4, 0.5) is 9.59 Å². The molecule has 0 heterocycles. The summed E-state index contributed by atoms with van der Waals surface area (Å²) in [5.74, 6) is -0.501. The van der Waals surface area contributed by atoms with Crippen molar-refractivity contribution in [2.45, 2.75) is 12.8 Å². The van der Waals surface area contributed by atoms with Crippen LogP contribution >= 0.6 is 0 Å². The maximum Gasteiger partial charge on any atom is 0.436 e. The van der Waals surface area contributed by atoms with Crippen molar-refractivity contribution in [3.63, 3.8) is 0 Å². The Morgan fingerprint density at radius 1 is 1.17 bits per heavy atom. The minimum Gasteiger partial charge on any atom is -0.448 e. The molecule has 18 heavy (non-hydrogen) atoms. The minimum absolute atomic E-state index is 0.0325. The Morgan fingerprint density at radius 2 is 1.72 bits per heavy atom. The van der Waals surface area contributed by atoms with Crippen molar-refractivity contribution in [3.8, 4) is 12.1 Å². The zero-order valence-electron chi connectivity index (χ0n) is 9.38. The Labute approximate surface area is 103 Å². The first kappa shape index (κ1) is 15.2. The Morgan fingerprint density at radius 3 is 2.28 bits per heavy atom. The maximum atomic E-state index is 11.0. The fraction of sp³-hybridized carbons (Fsp3) is 0.444. The highest BCUT2D eigenvalue weighted by atomic mass is 16.6. The first-order chi connectivity index (χ1) is 8.60. The standard InChI is InChI=1S/C9H11N5O4/c10-3-1-5-17-8(15)13-7(12)14-9(16)18-6-2-4-11/h1-2,5-6H2,(H3,12,13,14,15,16). The lowest BCUT2D eigenvalue weighted by Crippen LogP contribution is -2.38. The number of nitriles is 2. The molecule has 0 aliphatic carbocycles. The van der Waals surface area contributed by atoms with Crippen molar-refractivity contribution >= 4 is 18.1 Å². The lowest BCUT2D eigenvalue weighted by molar-refractivity contribution is 0.153. The number of aliphatic imine (C=N–C) groups is 1. The number of carbonyl (C=O) groups is 2. The molecule has 0 aromatic heterocycles. The third-order valence-corrected chi connectivity index (χ3v) is 1.33. The number of carbonyl (C=O) groups excluding carboxylic acids is 2. The summed E-state index contributed by atoms with van der Waals surface area (Å²) in [5, 5.41) is 18.3. The molecular formula is C9H11N5O4. The first-order valence-corrected chi connectivity index (χ1v) is 4.78. The molecule has 0 bridgehead atoms. The molecule has 0 unspecified atom stereocenters. The van der Waals surface area contributed by atoms with Crippen molar-refractivity contribution in [1.82, 2.24) is 5.32 Å². The van der Waals surface area contributed by atoms with Crippen LogP contribution in [-0.4, -0.2) is 31.4 Å². The van der Waals surface area contributed by atoms with Crippen molar-refractivity contribution in [1.29, 1.82) is 10.5 Å². The number of rotatable bonds is 4. The largest absolute Gasteiger partial charge is 0.448 e. The van der Waals surface area contributed by atoms with Crippen molar-refractivity contribution in [2.24, 2.45) is 10.7 Å². The van der Waals surface area contributed by atoms with Gasteiger partial charge in [0.2, 0.25) is 5.96 Å². The van der Waals surface area contributed by atoms with Crippen LogP contribution in [-0.2, 0) is 9.47 Å². The number of alkyl carbamates (subject to hydrolysis) is 1. The van der Waals surface area contributed by atoms with Gasteiger partial charge in [0.25, 0.3) is 0 Å². The van der Waals surface area contributed by atoms with Gasteiger partial charge in [-0.05, 0) is 0 Å². The van der Waals surface area contributed by atoms with Gasteiger partial charge in [0, 0.05) is 0 Å². The Hall–Kier alpha value is -2.81. The van der Waals surface area contributed by atoms with E-state index in [1.54, 1.807) is 12.1 Å². The molecule has 0 aliphatic heterocycles. The molecule has 3 N–H and O–H groups in total. The molecular weight excluding hydrogens is 242 g/mol. The lowest BCUT2D eigenvalue weighted by Gasteiger charge is -2.04. The average molecular weight is 253 g/mol. The van der Waals surface area contributed by atoms with Crippen LogP contribution in [0.3, 0.4) is 0 Å². The van der Waals surface area contributed by atoms with Gasteiger partial charge < -0.3 is 15.2 Å². The monoisotopic (exact) mass is 253 g/mol. The number of nitrogens with two attached hydrogens (primary N) is 1. The number of hydrogen-bond donors (Lipinski definition) is 2. The zero-order chi connectivity index (χ0) is 13.8. The summed E-state index contributed by atoms with van der Waals surface area (Å²) in [4.78, 5) is 25.1. The predicted octanol–water partition coefficient (Wildman–Crippen LogP) is -0.00874. The highest BCUT2D eigenvalue weighted by molar-refractivity contribution is 5.97. The highest BCUT2D eigenvalue weighted by Gasteiger charge is 2.06. The molecule has 9 heteroatoms. The van der Waals surface area contributed by atoms with Gasteiger partial charge in [-0.1, -0.05) is 0 Å². The van der Waals surface area contributed by atoms with Crippen LogP contribution in [0.2, 0.25) is 0 Å². The van der Waals surface area contributed by atoms with E-state index in [1.807, 2.05) is 5.32 Å². The smallest absolute Gasteiger partial charge is 0.436 e. The molecule has 0 rings (SSSR count). The van der Waals surface area contributed by atoms with E-state index in [0.29, 0.717) is 0 Å². The van der Waals surface area contributed by atoms with Crippen molar-refractivity contribution < 1.29 is 19.1 Å². The summed E-state index contributed by atoms with van der Waals surface area (Å²) in [5.41, 5.74) is 5.19. The lowest BCUT2D eigenvalue weighted by atomic mass is 10.5. The van der Waals surface area contributed by atoms with Crippen LogP contribution in [0.15, 0.2) is 4.99 Å². The summed E-state index contributed by atoms with van der Waals surface area (Å²) >= 11 is 0. The number of nitrogens with zero attached hydrogens (tertiary/aromatic N) is 3. The number of ether oxygens (including phenoxy) is 2. The highest BCUT2D eigenvalue weighted by Crippen LogP contribution is 1.87. The molecule has 0 aromatic carbocycles. The molecule has 0 radical (unpaired) electrons. The molecule has 96 valence electrons. The Kier molecular flexibility index (Phi) is 7.95. The molecule has 2 amide bonds. The van der Waals surface area contributed by atoms with Gasteiger partial charge in [0.15, 0.2) is 0 Å². The molecule has 0 aromatic rings. The van der Waals surface area contributed by atoms with Crippen LogP contribution in [0, 0.1) is 22.7 Å². The molecule has 0 saturated heterocycles. The van der Waals surface area contributed by atoms with Gasteiger partial charge in [-0.25, -0.2) is 9.59 Å². The van der Waals surface area contributed by atoms with Gasteiger partial charge in [-0.2, -0.15) is 10.5 Å². The van der Waals surface area contributed by atoms with E-state index in [0.717, 1.165) is 0 Å². The molecule has 0 spiro atoms. The van der Waals surface area contributed by atoms with Gasteiger partial charge in [0.05, 0.1) is 25.0 Å². The van der Waals surface area contributed by atoms with E-state index in [1.165, 1.54) is 0 Å². The molecule has 0 aliphatic rings. The second-order valence-electron chi connectivity index (χ2n) is 2.69. The first-order valence-electron chi connectivity index (χ1n) is 4.78. The van der Waals surface area contributed by atoms with E-state index in [9.17, 15) is 9.59 Å². The Bertz CT molecular complexity index is 406. The van der Waals surface area contributed by atoms with Crippen LogP contribution in [0.5, 0.6) is 0 Å². The van der Waals surface area contributed by atoms with E-state index >= 15 is 0 Å². The van der Waals surface area contributed by atoms with Gasteiger partial charge in [-0.15, -0.1) is 4.99 Å². The quantitative estimate of drug-likeness (QED) is 0.406. The van der Waals surface area contributed by atoms with Crippen LogP contribution in [0.1, 0.15) is 12.8 Å². The Balaban J connectivity index is 3.96. The van der Waals surface area contributed by atoms with Gasteiger partial charge >= 0.3 is 12.2 Å². The number of hydrogen-bond acceptors (Lipinski definition) is 6. The average Bonchev–Trinajstić information content (AvgIpc) is 2.29. The minimum atomic E-state index is -1.03. The van der Waals surface area contributed by atoms with Crippen LogP contribution < -0.4 is 11.1 Å². The molecule has 0 fully saturated rings. The third-order valence-electron chi connectivity index (χ3n) is 1.33. The molecule has 0 saturated carbocycles. The summed E-state index contributed by atoms with van der Waals surface area (Å²) in [7, 11) is 0. The zero-order valence-corrected chi connectivity index (χ0v) is 9.38. The SMILES string of the molecule is N#CCCOC(=O)N=C(N)NC(=O)OCCC#N. The predicted molar refractivity (Wildman–Crippen MR) is 57.9 cm³/mol. The van der Waals surface area contributed by atoms with E-state index in [4.69, 9.17) is 16.3 Å². The third kappa shape index (κ3) is 8.49. The topological polar surface area (TPSA) is 151 Å². The van der Waals surface area contributed by atoms with E-state index < -0.39 is 18.1 Å². The normalized spacial score (nSPS) is 9.78. The second-order valence-corrected chi connectivity index (χ2v) is 2.69. The molecule has 0 atom stereocenters. The van der Waals surface area contributed by atoms with Crippen molar-refractivity contribution in [2.75, 3.05) is 13.2 Å². The van der Waals surface area contributed by atoms with Gasteiger partial charge in [-0.3, -0.25) is 5.32 Å². The second kappa shape index (κ2) is 9.42. The summed E-state index contributed by atoms with van der Waals surface area (Å²) in [6.45, 7) is -0.207. The maximum absolute atomic E-state index is 11.0. The van der Waals surface area contributed by atoms with Crippen LogP contribution in [0.25, 0.3) is 0 Å². The van der Waals surface area contributed by atoms with Gasteiger partial charge in [0.1, 0.15) is 13.2 Å². The summed E-state index contributed by atoms with van der Waals surface area (Å²) < 4.78 is 8.97. The number of amides is 2. The van der Waals surface area contributed by atoms with E-state index in [2.05, 4.69) is 14.5 Å². The number of nitrogens with one attached hydrogen (secondary N) is 1. The fourth-order valence-corrected chi connectivity index (χ4v) is 0.673. The molecule has 9 nitrogen and oxygen atoms in total. The number of guanidine groups is 1. The fourth-order valence-electron chi connectivity index (χ4n) is 0.673.